The number of para-hydroxylation sites is 1. The molecule has 0 saturated carbocycles. The first-order chi connectivity index (χ1) is 19.1. The summed E-state index contributed by atoms with van der Waals surface area (Å²) >= 11 is 16.0. The number of nitrogens with one attached hydrogen (secondary N) is 1. The molecule has 1 aliphatic rings. The highest BCUT2D eigenvalue weighted by Gasteiger charge is 2.49. The number of carbonyl (C=O) groups excluding carboxylic acids is 2. The van der Waals surface area contributed by atoms with E-state index in [-0.39, 0.29) is 6.61 Å². The molecule has 0 amide bonds. The van der Waals surface area contributed by atoms with Gasteiger partial charge in [0, 0.05) is 52.5 Å². The Hall–Kier alpha value is -3.20. The quantitative estimate of drug-likeness (QED) is 0.155. The molecule has 7 nitrogen and oxygen atoms in total. The van der Waals surface area contributed by atoms with Crippen LogP contribution in [0, 0.1) is 5.92 Å². The summed E-state index contributed by atoms with van der Waals surface area (Å²) in [6.45, 7) is 5.43. The van der Waals surface area contributed by atoms with Crippen molar-refractivity contribution in [3.05, 3.63) is 92.0 Å². The number of hydrogen-bond donors (Lipinski definition) is 1. The maximum Gasteiger partial charge on any atom is 0.324 e. The van der Waals surface area contributed by atoms with Crippen LogP contribution in [-0.4, -0.2) is 29.3 Å². The van der Waals surface area contributed by atoms with Crippen molar-refractivity contribution in [2.45, 2.75) is 39.1 Å². The zero-order valence-electron chi connectivity index (χ0n) is 21.9. The SMILES string of the molecule is CCOc1cc([C@H](c2c[nH]c3ccccc23)C2C(=O)OC(C)(C)OC2=O)cc(Br)c1OCc1ccc(Cl)cc1Cl. The number of esters is 2. The number of benzene rings is 3. The molecule has 5 rings (SSSR count). The van der Waals surface area contributed by atoms with E-state index in [1.807, 2.05) is 37.3 Å². The number of cyclic esters (lactones) is 2. The van der Waals surface area contributed by atoms with Gasteiger partial charge < -0.3 is 23.9 Å². The molecule has 1 atom stereocenters. The fourth-order valence-corrected chi connectivity index (χ4v) is 5.90. The Bertz CT molecular complexity index is 1580. The van der Waals surface area contributed by atoms with E-state index in [1.54, 1.807) is 30.5 Å². The van der Waals surface area contributed by atoms with Gasteiger partial charge in [0.15, 0.2) is 17.4 Å². The Morgan fingerprint density at radius 2 is 1.75 bits per heavy atom. The van der Waals surface area contributed by atoms with Gasteiger partial charge in [-0.15, -0.1) is 0 Å². The number of H-pyrrole nitrogens is 1. The predicted molar refractivity (Wildman–Crippen MR) is 156 cm³/mol. The molecule has 0 aliphatic carbocycles. The van der Waals surface area contributed by atoms with Gasteiger partial charge in [0.1, 0.15) is 6.61 Å². The molecule has 0 bridgehead atoms. The number of hydrogen-bond acceptors (Lipinski definition) is 6. The molecule has 1 fully saturated rings. The lowest BCUT2D eigenvalue weighted by Crippen LogP contribution is -2.48. The lowest BCUT2D eigenvalue weighted by molar-refractivity contribution is -0.240. The summed E-state index contributed by atoms with van der Waals surface area (Å²) in [4.78, 5) is 29.9. The van der Waals surface area contributed by atoms with Gasteiger partial charge in [-0.25, -0.2) is 0 Å². The molecule has 1 aliphatic heterocycles. The van der Waals surface area contributed by atoms with Gasteiger partial charge in [-0.05, 0) is 64.3 Å². The highest BCUT2D eigenvalue weighted by atomic mass is 79.9. The van der Waals surface area contributed by atoms with Crippen molar-refractivity contribution in [2.24, 2.45) is 5.92 Å². The van der Waals surface area contributed by atoms with Crippen LogP contribution < -0.4 is 9.47 Å². The molecule has 1 aromatic heterocycles. The second-order valence-corrected chi connectivity index (χ2v) is 11.5. The van der Waals surface area contributed by atoms with Crippen molar-refractivity contribution in [1.29, 1.82) is 0 Å². The number of rotatable bonds is 8. The van der Waals surface area contributed by atoms with Crippen LogP contribution in [0.25, 0.3) is 10.9 Å². The van der Waals surface area contributed by atoms with Crippen LogP contribution >= 0.6 is 39.1 Å². The first kappa shape index (κ1) is 28.3. The number of halogens is 3. The summed E-state index contributed by atoms with van der Waals surface area (Å²) in [7, 11) is 0. The molecule has 3 aromatic carbocycles. The molecule has 0 radical (unpaired) electrons. The van der Waals surface area contributed by atoms with Crippen molar-refractivity contribution >= 4 is 62.0 Å². The highest BCUT2D eigenvalue weighted by Crippen LogP contribution is 2.46. The minimum atomic E-state index is -1.35. The number of aromatic nitrogens is 1. The molecular weight excluding hydrogens is 621 g/mol. The first-order valence-electron chi connectivity index (χ1n) is 12.6. The van der Waals surface area contributed by atoms with Crippen LogP contribution in [0.3, 0.4) is 0 Å². The second-order valence-electron chi connectivity index (χ2n) is 9.77. The molecule has 1 N–H and O–H groups in total. The van der Waals surface area contributed by atoms with Crippen LogP contribution in [0.2, 0.25) is 10.0 Å². The van der Waals surface area contributed by atoms with Gasteiger partial charge in [-0.1, -0.05) is 47.5 Å². The van der Waals surface area contributed by atoms with Gasteiger partial charge in [0.2, 0.25) is 0 Å². The normalized spacial score (nSPS) is 15.9. The summed E-state index contributed by atoms with van der Waals surface area (Å²) in [5, 5.41) is 1.88. The van der Waals surface area contributed by atoms with Gasteiger partial charge in [0.05, 0.1) is 11.1 Å². The van der Waals surface area contributed by atoms with Gasteiger partial charge in [0.25, 0.3) is 5.79 Å². The van der Waals surface area contributed by atoms with Crippen LogP contribution in [0.4, 0.5) is 0 Å². The summed E-state index contributed by atoms with van der Waals surface area (Å²) < 4.78 is 23.7. The van der Waals surface area contributed by atoms with Crippen molar-refractivity contribution in [3.8, 4) is 11.5 Å². The van der Waals surface area contributed by atoms with Crippen molar-refractivity contribution < 1.29 is 28.5 Å². The summed E-state index contributed by atoms with van der Waals surface area (Å²) in [5.41, 5.74) is 2.99. The molecule has 2 heterocycles. The molecule has 208 valence electrons. The van der Waals surface area contributed by atoms with Crippen molar-refractivity contribution in [1.82, 2.24) is 4.98 Å². The minimum absolute atomic E-state index is 0.163. The van der Waals surface area contributed by atoms with E-state index in [1.165, 1.54) is 13.8 Å². The average molecular weight is 647 g/mol. The standard InChI is InChI=1S/C30H26BrCl2NO6/c1-4-37-24-12-17(11-21(31)27(24)38-15-16-9-10-18(32)13-22(16)33)25(20-14-34-23-8-6-5-7-19(20)23)26-28(35)39-30(2,3)40-29(26)36/h5-14,25-26,34H,4,15H2,1-3H3/t25-/m1/s1. The monoisotopic (exact) mass is 645 g/mol. The lowest BCUT2D eigenvalue weighted by atomic mass is 9.80. The van der Waals surface area contributed by atoms with Gasteiger partial charge in [-0.3, -0.25) is 9.59 Å². The molecule has 1 saturated heterocycles. The third kappa shape index (κ3) is 5.66. The topological polar surface area (TPSA) is 86.9 Å². The number of fused-ring (bicyclic) bond motifs is 1. The maximum absolute atomic E-state index is 13.3. The zero-order chi connectivity index (χ0) is 28.6. The average Bonchev–Trinajstić information content (AvgIpc) is 3.30. The fourth-order valence-electron chi connectivity index (χ4n) is 4.86. The van der Waals surface area contributed by atoms with E-state index in [4.69, 9.17) is 42.1 Å². The molecule has 40 heavy (non-hydrogen) atoms. The Morgan fingerprint density at radius 1 is 1.02 bits per heavy atom. The fraction of sp³-hybridized carbons (Fsp3) is 0.267. The minimum Gasteiger partial charge on any atom is -0.490 e. The van der Waals surface area contributed by atoms with Crippen molar-refractivity contribution in [2.75, 3.05) is 6.61 Å². The third-order valence-corrected chi connectivity index (χ3v) is 7.74. The van der Waals surface area contributed by atoms with Crippen LogP contribution in [-0.2, 0) is 25.7 Å². The molecule has 0 unspecified atom stereocenters. The Kier molecular flexibility index (Phi) is 8.04. The van der Waals surface area contributed by atoms with E-state index in [2.05, 4.69) is 20.9 Å². The summed E-state index contributed by atoms with van der Waals surface area (Å²) in [5.74, 6) is -3.79. The Morgan fingerprint density at radius 3 is 2.45 bits per heavy atom. The molecular formula is C30H26BrCl2NO6. The van der Waals surface area contributed by atoms with Gasteiger partial charge in [-0.2, -0.15) is 0 Å². The van der Waals surface area contributed by atoms with Crippen molar-refractivity contribution in [3.63, 3.8) is 0 Å². The smallest absolute Gasteiger partial charge is 0.324 e. The van der Waals surface area contributed by atoms with E-state index in [0.717, 1.165) is 22.0 Å². The number of ether oxygens (including phenoxy) is 4. The maximum atomic E-state index is 13.3. The van der Waals surface area contributed by atoms with E-state index in [0.29, 0.717) is 38.2 Å². The summed E-state index contributed by atoms with van der Waals surface area (Å²) in [6, 6.07) is 16.4. The third-order valence-electron chi connectivity index (χ3n) is 6.57. The number of aromatic amines is 1. The van der Waals surface area contributed by atoms with E-state index in [9.17, 15) is 9.59 Å². The second kappa shape index (κ2) is 11.4. The molecule has 10 heteroatoms. The Labute approximate surface area is 249 Å². The highest BCUT2D eigenvalue weighted by molar-refractivity contribution is 9.10. The van der Waals surface area contributed by atoms with E-state index < -0.39 is 29.6 Å². The molecule has 0 spiro atoms. The predicted octanol–water partition coefficient (Wildman–Crippen LogP) is 7.80. The van der Waals surface area contributed by atoms with Gasteiger partial charge >= 0.3 is 11.9 Å². The van der Waals surface area contributed by atoms with Crippen LogP contribution in [0.15, 0.2) is 65.3 Å². The van der Waals surface area contributed by atoms with E-state index >= 15 is 0 Å². The molecule has 4 aromatic rings. The van der Waals surface area contributed by atoms with Crippen LogP contribution in [0.1, 0.15) is 43.4 Å². The lowest BCUT2D eigenvalue weighted by Gasteiger charge is -2.36. The Balaban J connectivity index is 1.60. The number of carbonyl (C=O) groups is 2. The largest absolute Gasteiger partial charge is 0.490 e. The first-order valence-corrected chi connectivity index (χ1v) is 14.2. The summed E-state index contributed by atoms with van der Waals surface area (Å²) in [6.07, 6.45) is 1.80. The zero-order valence-corrected chi connectivity index (χ0v) is 25.0. The van der Waals surface area contributed by atoms with Crippen LogP contribution in [0.5, 0.6) is 11.5 Å².